The first-order valence-electron chi connectivity index (χ1n) is 7.30. The van der Waals surface area contributed by atoms with Gasteiger partial charge in [-0.2, -0.15) is 0 Å². The van der Waals surface area contributed by atoms with E-state index in [9.17, 15) is 4.39 Å². The molecule has 2 heterocycles. The Kier molecular flexibility index (Phi) is 4.50. The van der Waals surface area contributed by atoms with Crippen molar-refractivity contribution >= 4 is 23.6 Å². The smallest absolute Gasteiger partial charge is 0.134 e. The number of halogens is 1. The highest BCUT2D eigenvalue weighted by molar-refractivity contribution is 7.80. The summed E-state index contributed by atoms with van der Waals surface area (Å²) in [6, 6.07) is 12.8. The van der Waals surface area contributed by atoms with E-state index < -0.39 is 0 Å². The maximum absolute atomic E-state index is 12.3. The van der Waals surface area contributed by atoms with Crippen molar-refractivity contribution < 1.29 is 8.81 Å². The molecule has 0 saturated heterocycles. The lowest BCUT2D eigenvalue weighted by molar-refractivity contribution is 0.488. The van der Waals surface area contributed by atoms with Gasteiger partial charge in [-0.1, -0.05) is 24.3 Å². The summed E-state index contributed by atoms with van der Waals surface area (Å²) in [5.41, 5.74) is 3.42. The molecule has 4 rings (SSSR count). The summed E-state index contributed by atoms with van der Waals surface area (Å²) in [6.45, 7) is 3.84. The molecule has 0 atom stereocenters. The number of fused-ring (bicyclic) bond motifs is 3. The molecule has 4 heteroatoms. The van der Waals surface area contributed by atoms with Gasteiger partial charge >= 0.3 is 0 Å². The quantitative estimate of drug-likeness (QED) is 0.597. The van der Waals surface area contributed by atoms with Gasteiger partial charge in [0.25, 0.3) is 0 Å². The van der Waals surface area contributed by atoms with Crippen molar-refractivity contribution in [1.82, 2.24) is 5.32 Å². The molecule has 0 bridgehead atoms. The first-order valence-corrected chi connectivity index (χ1v) is 7.75. The number of para-hydroxylation sites is 1. The molecule has 1 aliphatic heterocycles. The van der Waals surface area contributed by atoms with Crippen LogP contribution in [0.25, 0.3) is 11.0 Å². The zero-order valence-corrected chi connectivity index (χ0v) is 13.3. The molecule has 0 saturated carbocycles. The molecule has 0 amide bonds. The fourth-order valence-corrected chi connectivity index (χ4v) is 2.76. The zero-order chi connectivity index (χ0) is 15.5. The van der Waals surface area contributed by atoms with Gasteiger partial charge in [0.05, 0.1) is 6.54 Å². The molecule has 0 unspecified atom stereocenters. The van der Waals surface area contributed by atoms with E-state index >= 15 is 0 Å². The average Bonchev–Trinajstić information content (AvgIpc) is 2.91. The normalized spacial score (nSPS) is 13.4. The van der Waals surface area contributed by atoms with E-state index in [4.69, 9.17) is 4.42 Å². The van der Waals surface area contributed by atoms with Crippen molar-refractivity contribution in [2.75, 3.05) is 6.54 Å². The SMILES string of the molecule is Cc1ccc(F)cc1S.c1ccc2c3c(oc2c1)CNCC3. The zero-order valence-electron chi connectivity index (χ0n) is 12.4. The van der Waals surface area contributed by atoms with Crippen LogP contribution in [-0.2, 0) is 13.0 Å². The number of furan rings is 1. The van der Waals surface area contributed by atoms with Crippen LogP contribution in [0.4, 0.5) is 4.39 Å². The molecule has 114 valence electrons. The van der Waals surface area contributed by atoms with Gasteiger partial charge in [-0.25, -0.2) is 4.39 Å². The predicted octanol–water partition coefficient (Wildman–Crippen LogP) is 4.50. The molecule has 3 aromatic rings. The van der Waals surface area contributed by atoms with Crippen LogP contribution in [-0.4, -0.2) is 6.54 Å². The van der Waals surface area contributed by atoms with Crippen molar-refractivity contribution in [3.8, 4) is 0 Å². The van der Waals surface area contributed by atoms with Gasteiger partial charge in [-0.05, 0) is 43.7 Å². The van der Waals surface area contributed by atoms with Crippen LogP contribution in [0.15, 0.2) is 51.8 Å². The highest BCUT2D eigenvalue weighted by Crippen LogP contribution is 2.27. The van der Waals surface area contributed by atoms with Crippen molar-refractivity contribution in [3.63, 3.8) is 0 Å². The Labute approximate surface area is 134 Å². The molecular formula is C18H18FNOS. The van der Waals surface area contributed by atoms with E-state index in [-0.39, 0.29) is 5.82 Å². The first kappa shape index (κ1) is 15.1. The van der Waals surface area contributed by atoms with Crippen LogP contribution in [0.3, 0.4) is 0 Å². The second-order valence-corrected chi connectivity index (χ2v) is 5.84. The van der Waals surface area contributed by atoms with E-state index in [0.717, 1.165) is 36.4 Å². The van der Waals surface area contributed by atoms with Crippen molar-refractivity contribution in [1.29, 1.82) is 0 Å². The fraction of sp³-hybridized carbons (Fsp3) is 0.222. The highest BCUT2D eigenvalue weighted by atomic mass is 32.1. The van der Waals surface area contributed by atoms with Gasteiger partial charge in [-0.15, -0.1) is 12.6 Å². The van der Waals surface area contributed by atoms with Crippen molar-refractivity contribution in [3.05, 3.63) is 65.2 Å². The highest BCUT2D eigenvalue weighted by Gasteiger charge is 2.16. The van der Waals surface area contributed by atoms with Gasteiger partial charge in [0.2, 0.25) is 0 Å². The number of benzene rings is 2. The number of hydrogen-bond donors (Lipinski definition) is 2. The molecule has 1 aromatic heterocycles. The summed E-state index contributed by atoms with van der Waals surface area (Å²) in [6.07, 6.45) is 1.09. The Bertz CT molecular complexity index is 797. The lowest BCUT2D eigenvalue weighted by Crippen LogP contribution is -2.22. The summed E-state index contributed by atoms with van der Waals surface area (Å²) >= 11 is 4.03. The minimum absolute atomic E-state index is 0.231. The van der Waals surface area contributed by atoms with E-state index in [1.54, 1.807) is 6.07 Å². The van der Waals surface area contributed by atoms with Gasteiger partial charge in [0.1, 0.15) is 17.2 Å². The number of thiol groups is 1. The summed E-state index contributed by atoms with van der Waals surface area (Å²) < 4.78 is 18.0. The van der Waals surface area contributed by atoms with E-state index in [2.05, 4.69) is 30.1 Å². The first-order chi connectivity index (χ1) is 10.6. The average molecular weight is 315 g/mol. The van der Waals surface area contributed by atoms with E-state index in [1.165, 1.54) is 23.1 Å². The van der Waals surface area contributed by atoms with E-state index in [0.29, 0.717) is 4.90 Å². The Balaban J connectivity index is 0.000000142. The number of nitrogens with one attached hydrogen (secondary N) is 1. The Morgan fingerprint density at radius 2 is 2.00 bits per heavy atom. The van der Waals surface area contributed by atoms with Crippen LogP contribution >= 0.6 is 12.6 Å². The third kappa shape index (κ3) is 3.18. The third-order valence-corrected chi connectivity index (χ3v) is 4.27. The minimum atomic E-state index is -0.231. The molecule has 1 aliphatic rings. The minimum Gasteiger partial charge on any atom is -0.459 e. The Hall–Kier alpha value is -1.78. The summed E-state index contributed by atoms with van der Waals surface area (Å²) in [5, 5.41) is 4.60. The Morgan fingerprint density at radius 1 is 1.18 bits per heavy atom. The summed E-state index contributed by atoms with van der Waals surface area (Å²) in [4.78, 5) is 0.704. The van der Waals surface area contributed by atoms with Crippen LogP contribution in [0.5, 0.6) is 0 Å². The number of hydrogen-bond acceptors (Lipinski definition) is 3. The second kappa shape index (κ2) is 6.55. The van der Waals surface area contributed by atoms with Crippen LogP contribution in [0.2, 0.25) is 0 Å². The lowest BCUT2D eigenvalue weighted by atomic mass is 10.1. The van der Waals surface area contributed by atoms with Crippen molar-refractivity contribution in [2.24, 2.45) is 0 Å². The van der Waals surface area contributed by atoms with Crippen LogP contribution in [0.1, 0.15) is 16.9 Å². The molecule has 0 spiro atoms. The Morgan fingerprint density at radius 3 is 2.77 bits per heavy atom. The standard InChI is InChI=1S/C11H11NO.C7H7FS/c1-2-4-10-8(3-1)9-5-6-12-7-11(9)13-10;1-5-2-3-6(8)4-7(5)9/h1-4,12H,5-7H2;2-4,9H,1H3. The van der Waals surface area contributed by atoms with E-state index in [1.807, 2.05) is 19.1 Å². The molecule has 2 aromatic carbocycles. The summed E-state index contributed by atoms with van der Waals surface area (Å²) in [7, 11) is 0. The molecule has 0 aliphatic carbocycles. The molecule has 1 N–H and O–H groups in total. The molecule has 0 fully saturated rings. The molecule has 2 nitrogen and oxygen atoms in total. The van der Waals surface area contributed by atoms with Crippen LogP contribution < -0.4 is 5.32 Å². The maximum atomic E-state index is 12.3. The second-order valence-electron chi connectivity index (χ2n) is 5.36. The topological polar surface area (TPSA) is 25.2 Å². The van der Waals surface area contributed by atoms with Crippen LogP contribution in [0, 0.1) is 12.7 Å². The maximum Gasteiger partial charge on any atom is 0.134 e. The predicted molar refractivity (Wildman–Crippen MR) is 90.0 cm³/mol. The largest absolute Gasteiger partial charge is 0.459 e. The van der Waals surface area contributed by atoms with Gasteiger partial charge in [0.15, 0.2) is 0 Å². The molecule has 22 heavy (non-hydrogen) atoms. The van der Waals surface area contributed by atoms with Gasteiger partial charge in [-0.3, -0.25) is 0 Å². The van der Waals surface area contributed by atoms with Gasteiger partial charge < -0.3 is 9.73 Å². The third-order valence-electron chi connectivity index (χ3n) is 3.79. The molecule has 0 radical (unpaired) electrons. The fourth-order valence-electron chi connectivity index (χ4n) is 2.56. The number of rotatable bonds is 0. The lowest BCUT2D eigenvalue weighted by Gasteiger charge is -2.10. The monoisotopic (exact) mass is 315 g/mol. The summed E-state index contributed by atoms with van der Waals surface area (Å²) in [5.74, 6) is 0.887. The van der Waals surface area contributed by atoms with Gasteiger partial charge in [0, 0.05) is 15.8 Å². The number of aryl methyl sites for hydroxylation is 1. The molecular weight excluding hydrogens is 297 g/mol. The van der Waals surface area contributed by atoms with Crippen molar-refractivity contribution in [2.45, 2.75) is 24.8 Å².